The van der Waals surface area contributed by atoms with Crippen LogP contribution in [0.2, 0.25) is 0 Å². The Balaban J connectivity index is 1.78. The molecule has 1 unspecified atom stereocenters. The molecule has 0 aliphatic heterocycles. The van der Waals surface area contributed by atoms with Gasteiger partial charge in [-0.15, -0.1) is 0 Å². The van der Waals surface area contributed by atoms with E-state index < -0.39 is 0 Å². The summed E-state index contributed by atoms with van der Waals surface area (Å²) >= 11 is 0. The van der Waals surface area contributed by atoms with E-state index in [0.29, 0.717) is 6.04 Å². The lowest BCUT2D eigenvalue weighted by Crippen LogP contribution is -2.36. The normalized spacial score (nSPS) is 18.2. The molecule has 19 heavy (non-hydrogen) atoms. The van der Waals surface area contributed by atoms with Crippen molar-refractivity contribution in [2.75, 3.05) is 13.2 Å². The second-order valence-electron chi connectivity index (χ2n) is 5.62. The lowest BCUT2D eigenvalue weighted by molar-refractivity contribution is 0.221. The highest BCUT2D eigenvalue weighted by Crippen LogP contribution is 2.27. The number of likely N-dealkylation sites (N-methyl/N-ethyl adjacent to an activating group) is 1. The lowest BCUT2D eigenvalue weighted by atomic mass is 9.85. The molecule has 1 aliphatic carbocycles. The molecule has 1 aromatic carbocycles. The van der Waals surface area contributed by atoms with Gasteiger partial charge >= 0.3 is 0 Å². The van der Waals surface area contributed by atoms with E-state index in [9.17, 15) is 0 Å². The summed E-state index contributed by atoms with van der Waals surface area (Å²) in [6.07, 6.45) is 8.36. The van der Waals surface area contributed by atoms with Crippen molar-refractivity contribution in [1.29, 1.82) is 0 Å². The summed E-state index contributed by atoms with van der Waals surface area (Å²) in [5, 5.41) is 3.58. The van der Waals surface area contributed by atoms with Gasteiger partial charge in [0.2, 0.25) is 0 Å². The number of rotatable bonds is 7. The Morgan fingerprint density at radius 1 is 1.16 bits per heavy atom. The summed E-state index contributed by atoms with van der Waals surface area (Å²) in [5.41, 5.74) is 0. The molecule has 0 aromatic heterocycles. The van der Waals surface area contributed by atoms with Gasteiger partial charge in [0.1, 0.15) is 12.4 Å². The smallest absolute Gasteiger partial charge is 0.119 e. The molecule has 0 radical (unpaired) electrons. The number of para-hydroxylation sites is 1. The predicted molar refractivity (Wildman–Crippen MR) is 80.6 cm³/mol. The molecule has 2 rings (SSSR count). The van der Waals surface area contributed by atoms with Crippen molar-refractivity contribution in [3.8, 4) is 5.75 Å². The van der Waals surface area contributed by atoms with Crippen molar-refractivity contribution in [2.45, 2.75) is 51.5 Å². The number of hydrogen-bond donors (Lipinski definition) is 1. The minimum Gasteiger partial charge on any atom is -0.492 e. The Hall–Kier alpha value is -1.02. The first-order valence-electron chi connectivity index (χ1n) is 7.79. The van der Waals surface area contributed by atoms with Crippen LogP contribution in [0.1, 0.15) is 45.4 Å². The fourth-order valence-corrected chi connectivity index (χ4v) is 3.04. The first kappa shape index (κ1) is 14.4. The van der Waals surface area contributed by atoms with Gasteiger partial charge < -0.3 is 10.1 Å². The molecule has 1 atom stereocenters. The predicted octanol–water partition coefficient (Wildman–Crippen LogP) is 4.01. The minimum absolute atomic E-state index is 0.494. The number of nitrogens with one attached hydrogen (secondary N) is 1. The Morgan fingerprint density at radius 2 is 1.89 bits per heavy atom. The Morgan fingerprint density at radius 3 is 2.58 bits per heavy atom. The molecule has 1 saturated carbocycles. The summed E-state index contributed by atoms with van der Waals surface area (Å²) < 4.78 is 5.90. The Labute approximate surface area is 117 Å². The number of hydrogen-bond acceptors (Lipinski definition) is 2. The van der Waals surface area contributed by atoms with Crippen molar-refractivity contribution in [2.24, 2.45) is 5.92 Å². The summed E-state index contributed by atoms with van der Waals surface area (Å²) in [6, 6.07) is 10.6. The van der Waals surface area contributed by atoms with Crippen LogP contribution in [0.3, 0.4) is 0 Å². The van der Waals surface area contributed by atoms with E-state index >= 15 is 0 Å². The molecule has 1 fully saturated rings. The van der Waals surface area contributed by atoms with E-state index in [0.717, 1.165) is 24.8 Å². The van der Waals surface area contributed by atoms with Crippen LogP contribution in [0.4, 0.5) is 0 Å². The molecule has 0 heterocycles. The number of ether oxygens (including phenoxy) is 1. The summed E-state index contributed by atoms with van der Waals surface area (Å²) in [5.74, 6) is 1.88. The van der Waals surface area contributed by atoms with Gasteiger partial charge in [0, 0.05) is 6.04 Å². The fraction of sp³-hybridized carbons (Fsp3) is 0.647. The second-order valence-corrected chi connectivity index (χ2v) is 5.62. The van der Waals surface area contributed by atoms with Crippen LogP contribution in [0, 0.1) is 5.92 Å². The average molecular weight is 261 g/mol. The Bertz CT molecular complexity index is 332. The van der Waals surface area contributed by atoms with Crippen LogP contribution in [-0.2, 0) is 0 Å². The maximum atomic E-state index is 5.90. The van der Waals surface area contributed by atoms with Crippen molar-refractivity contribution < 1.29 is 4.74 Å². The third-order valence-electron chi connectivity index (χ3n) is 4.03. The van der Waals surface area contributed by atoms with Gasteiger partial charge in [-0.2, -0.15) is 0 Å². The van der Waals surface area contributed by atoms with Crippen LogP contribution in [0.25, 0.3) is 0 Å². The average Bonchev–Trinajstić information content (AvgIpc) is 2.47. The van der Waals surface area contributed by atoms with E-state index in [1.165, 1.54) is 38.5 Å². The molecule has 106 valence electrons. The molecular formula is C17H27NO. The van der Waals surface area contributed by atoms with Gasteiger partial charge in [-0.25, -0.2) is 0 Å². The standard InChI is InChI=1S/C17H27NO/c1-2-18-16(13-15-9-5-3-6-10-15)14-19-17-11-7-4-8-12-17/h4,7-8,11-12,15-16,18H,2-3,5-6,9-10,13-14H2,1H3. The molecule has 0 amide bonds. The summed E-state index contributed by atoms with van der Waals surface area (Å²) in [4.78, 5) is 0. The van der Waals surface area contributed by atoms with Gasteiger partial charge in [0.05, 0.1) is 0 Å². The molecule has 1 aromatic rings. The molecule has 0 bridgehead atoms. The third kappa shape index (κ3) is 5.23. The minimum atomic E-state index is 0.494. The SMILES string of the molecule is CCNC(COc1ccccc1)CC1CCCCC1. The largest absolute Gasteiger partial charge is 0.492 e. The van der Waals surface area contributed by atoms with E-state index in [1.54, 1.807) is 0 Å². The van der Waals surface area contributed by atoms with Crippen molar-refractivity contribution in [1.82, 2.24) is 5.32 Å². The highest BCUT2D eigenvalue weighted by molar-refractivity contribution is 5.20. The van der Waals surface area contributed by atoms with Gasteiger partial charge in [-0.1, -0.05) is 57.2 Å². The molecule has 2 heteroatoms. The van der Waals surface area contributed by atoms with Crippen molar-refractivity contribution in [3.63, 3.8) is 0 Å². The molecule has 1 aliphatic rings. The van der Waals surface area contributed by atoms with Crippen LogP contribution in [0.15, 0.2) is 30.3 Å². The van der Waals surface area contributed by atoms with E-state index in [2.05, 4.69) is 12.2 Å². The third-order valence-corrected chi connectivity index (χ3v) is 4.03. The van der Waals surface area contributed by atoms with E-state index in [4.69, 9.17) is 4.74 Å². The van der Waals surface area contributed by atoms with Crippen molar-refractivity contribution in [3.05, 3.63) is 30.3 Å². The lowest BCUT2D eigenvalue weighted by Gasteiger charge is -2.27. The van der Waals surface area contributed by atoms with E-state index in [-0.39, 0.29) is 0 Å². The highest BCUT2D eigenvalue weighted by Gasteiger charge is 2.18. The van der Waals surface area contributed by atoms with Crippen molar-refractivity contribution >= 4 is 0 Å². The topological polar surface area (TPSA) is 21.3 Å². The zero-order valence-electron chi connectivity index (χ0n) is 12.1. The monoisotopic (exact) mass is 261 g/mol. The maximum absolute atomic E-state index is 5.90. The van der Waals surface area contributed by atoms with Crippen LogP contribution >= 0.6 is 0 Å². The van der Waals surface area contributed by atoms with Gasteiger partial charge in [0.25, 0.3) is 0 Å². The number of benzene rings is 1. The van der Waals surface area contributed by atoms with E-state index in [1.807, 2.05) is 30.3 Å². The first-order valence-corrected chi connectivity index (χ1v) is 7.79. The molecule has 1 N–H and O–H groups in total. The van der Waals surface area contributed by atoms with Crippen LogP contribution < -0.4 is 10.1 Å². The molecular weight excluding hydrogens is 234 g/mol. The molecule has 2 nitrogen and oxygen atoms in total. The van der Waals surface area contributed by atoms with Gasteiger partial charge in [0.15, 0.2) is 0 Å². The van der Waals surface area contributed by atoms with Gasteiger partial charge in [-0.05, 0) is 31.0 Å². The second kappa shape index (κ2) is 8.21. The summed E-state index contributed by atoms with van der Waals surface area (Å²) in [6.45, 7) is 3.99. The fourth-order valence-electron chi connectivity index (χ4n) is 3.04. The quantitative estimate of drug-likeness (QED) is 0.800. The highest BCUT2D eigenvalue weighted by atomic mass is 16.5. The zero-order chi connectivity index (χ0) is 13.3. The Kier molecular flexibility index (Phi) is 6.22. The zero-order valence-corrected chi connectivity index (χ0v) is 12.1. The first-order chi connectivity index (χ1) is 9.38. The maximum Gasteiger partial charge on any atom is 0.119 e. The summed E-state index contributed by atoms with van der Waals surface area (Å²) in [7, 11) is 0. The van der Waals surface area contributed by atoms with Crippen LogP contribution in [-0.4, -0.2) is 19.2 Å². The molecule has 0 spiro atoms. The molecule has 0 saturated heterocycles. The van der Waals surface area contributed by atoms with Gasteiger partial charge in [-0.3, -0.25) is 0 Å². The van der Waals surface area contributed by atoms with Crippen LogP contribution in [0.5, 0.6) is 5.75 Å².